The number of hydrogen-bond donors (Lipinski definition) is 3. The number of para-hydroxylation sites is 1. The van der Waals surface area contributed by atoms with E-state index in [0.717, 1.165) is 29.1 Å². The number of rotatable bonds is 3. The Labute approximate surface area is 167 Å². The molecule has 3 unspecified atom stereocenters. The van der Waals surface area contributed by atoms with Crippen LogP contribution >= 0.6 is 0 Å². The molecule has 3 atom stereocenters. The number of anilines is 1. The van der Waals surface area contributed by atoms with Gasteiger partial charge in [0.25, 0.3) is 0 Å². The molecule has 9 nitrogen and oxygen atoms in total. The molecular weight excluding hydrogens is 368 g/mol. The summed E-state index contributed by atoms with van der Waals surface area (Å²) in [5.74, 6) is 3.15. The Morgan fingerprint density at radius 1 is 1.28 bits per heavy atom. The van der Waals surface area contributed by atoms with Crippen molar-refractivity contribution < 1.29 is 4.74 Å². The van der Waals surface area contributed by atoms with Crippen LogP contribution in [0.4, 0.5) is 5.69 Å². The predicted octanol–water partition coefficient (Wildman–Crippen LogP) is 1.62. The Hall–Kier alpha value is -3.46. The van der Waals surface area contributed by atoms with Crippen LogP contribution in [0.3, 0.4) is 0 Å². The van der Waals surface area contributed by atoms with Gasteiger partial charge in [0.05, 0.1) is 12.8 Å². The summed E-state index contributed by atoms with van der Waals surface area (Å²) in [6.07, 6.45) is 2.44. The first-order valence-electron chi connectivity index (χ1n) is 9.48. The highest BCUT2D eigenvalue weighted by Gasteiger charge is 2.42. The molecule has 0 spiro atoms. The predicted molar refractivity (Wildman–Crippen MR) is 111 cm³/mol. The van der Waals surface area contributed by atoms with Gasteiger partial charge in [-0.05, 0) is 43.0 Å². The van der Waals surface area contributed by atoms with Crippen molar-refractivity contribution in [3.05, 3.63) is 53.5 Å². The number of nitrogens with two attached hydrogens (primary N) is 2. The highest BCUT2D eigenvalue weighted by Crippen LogP contribution is 2.47. The first kappa shape index (κ1) is 17.6. The van der Waals surface area contributed by atoms with Crippen LogP contribution < -0.4 is 21.5 Å². The van der Waals surface area contributed by atoms with E-state index in [-0.39, 0.29) is 5.92 Å². The lowest BCUT2D eigenvalue weighted by atomic mass is 10.1. The maximum absolute atomic E-state index is 6.38. The van der Waals surface area contributed by atoms with Crippen molar-refractivity contribution in [2.45, 2.75) is 25.6 Å². The van der Waals surface area contributed by atoms with Crippen LogP contribution in [0.15, 0.2) is 46.5 Å². The van der Waals surface area contributed by atoms with Gasteiger partial charge in [0.1, 0.15) is 17.4 Å². The summed E-state index contributed by atoms with van der Waals surface area (Å²) in [5.41, 5.74) is 16.1. The fraction of sp³-hybridized carbons (Fsp3) is 0.300. The number of hydrogen-bond acceptors (Lipinski definition) is 7. The topological polar surface area (TPSA) is 128 Å². The standard InChI is InChI=1S/C20H22N8O/c1-10-26-27-16-7-6-11(9-28(10)16)13-8-14(13)18(21)24-19-12-4-3-5-15(29-2)17(12)23-20(22)25-19/h3-7,9,13-14,20,23H,8,22H2,1-2H3,(H2,21,24,25). The van der Waals surface area contributed by atoms with Gasteiger partial charge < -0.3 is 15.8 Å². The maximum Gasteiger partial charge on any atom is 0.173 e. The van der Waals surface area contributed by atoms with Crippen LogP contribution in [-0.4, -0.2) is 39.7 Å². The Morgan fingerprint density at radius 3 is 2.97 bits per heavy atom. The number of ether oxygens (including phenoxy) is 1. The fourth-order valence-corrected chi connectivity index (χ4v) is 3.84. The lowest BCUT2D eigenvalue weighted by molar-refractivity contribution is 0.415. The molecular formula is C20H22N8O. The van der Waals surface area contributed by atoms with E-state index >= 15 is 0 Å². The van der Waals surface area contributed by atoms with Crippen molar-refractivity contribution in [2.75, 3.05) is 12.4 Å². The van der Waals surface area contributed by atoms with Crippen molar-refractivity contribution in [1.82, 2.24) is 14.6 Å². The zero-order chi connectivity index (χ0) is 20.1. The number of methoxy groups -OCH3 is 1. The maximum atomic E-state index is 6.38. The van der Waals surface area contributed by atoms with Gasteiger partial charge in [-0.2, -0.15) is 0 Å². The van der Waals surface area contributed by atoms with E-state index in [1.807, 2.05) is 35.6 Å². The Morgan fingerprint density at radius 2 is 2.14 bits per heavy atom. The molecule has 3 aromatic rings. The van der Waals surface area contributed by atoms with Gasteiger partial charge in [0, 0.05) is 17.7 Å². The monoisotopic (exact) mass is 390 g/mol. The normalized spacial score (nSPS) is 23.3. The number of nitrogens with zero attached hydrogens (tertiary/aromatic N) is 5. The summed E-state index contributed by atoms with van der Waals surface area (Å²) >= 11 is 0. The summed E-state index contributed by atoms with van der Waals surface area (Å²) in [4.78, 5) is 9.08. The van der Waals surface area contributed by atoms with Gasteiger partial charge in [-0.1, -0.05) is 12.1 Å². The minimum atomic E-state index is -0.598. The highest BCUT2D eigenvalue weighted by molar-refractivity contribution is 6.11. The lowest BCUT2D eigenvalue weighted by Gasteiger charge is -2.23. The SMILES string of the molecule is COc1cccc2c1NC(N)N=C2N=C(N)C1CC1c1ccc2nnc(C)n2c1. The molecule has 29 heavy (non-hydrogen) atoms. The third-order valence-electron chi connectivity index (χ3n) is 5.47. The second-order valence-corrected chi connectivity index (χ2v) is 7.35. The zero-order valence-electron chi connectivity index (χ0n) is 16.2. The Kier molecular flexibility index (Phi) is 3.99. The van der Waals surface area contributed by atoms with Crippen LogP contribution in [0.5, 0.6) is 5.75 Å². The third-order valence-corrected chi connectivity index (χ3v) is 5.47. The molecule has 0 saturated heterocycles. The minimum Gasteiger partial charge on any atom is -0.495 e. The molecule has 1 fully saturated rings. The number of aliphatic imine (C=N–C) groups is 2. The number of aromatic nitrogens is 3. The van der Waals surface area contributed by atoms with Gasteiger partial charge in [0.15, 0.2) is 17.8 Å². The number of pyridine rings is 1. The molecule has 1 saturated carbocycles. The van der Waals surface area contributed by atoms with Crippen molar-refractivity contribution >= 4 is 23.0 Å². The largest absolute Gasteiger partial charge is 0.495 e. The molecule has 0 radical (unpaired) electrons. The van der Waals surface area contributed by atoms with Gasteiger partial charge >= 0.3 is 0 Å². The van der Waals surface area contributed by atoms with E-state index in [1.165, 1.54) is 5.56 Å². The average Bonchev–Trinajstić information content (AvgIpc) is 3.45. The van der Waals surface area contributed by atoms with Gasteiger partial charge in [-0.15, -0.1) is 10.2 Å². The molecule has 5 N–H and O–H groups in total. The van der Waals surface area contributed by atoms with E-state index in [1.54, 1.807) is 7.11 Å². The van der Waals surface area contributed by atoms with Crippen LogP contribution in [0.1, 0.15) is 29.3 Å². The number of benzene rings is 1. The molecule has 3 heterocycles. The summed E-state index contributed by atoms with van der Waals surface area (Å²) in [6.45, 7) is 1.94. The molecule has 1 aromatic carbocycles. The van der Waals surface area contributed by atoms with E-state index in [4.69, 9.17) is 16.2 Å². The van der Waals surface area contributed by atoms with E-state index in [9.17, 15) is 0 Å². The lowest BCUT2D eigenvalue weighted by Crippen LogP contribution is -2.33. The third kappa shape index (κ3) is 2.99. The number of nitrogens with one attached hydrogen (secondary N) is 1. The quantitative estimate of drug-likeness (QED) is 0.460. The smallest absolute Gasteiger partial charge is 0.173 e. The Balaban J connectivity index is 1.43. The van der Waals surface area contributed by atoms with Crippen LogP contribution in [0, 0.1) is 12.8 Å². The van der Waals surface area contributed by atoms with E-state index in [2.05, 4.69) is 37.8 Å². The molecule has 5 rings (SSSR count). The van der Waals surface area contributed by atoms with Crippen LogP contribution in [-0.2, 0) is 0 Å². The summed E-state index contributed by atoms with van der Waals surface area (Å²) in [7, 11) is 1.62. The second-order valence-electron chi connectivity index (χ2n) is 7.35. The van der Waals surface area contributed by atoms with Gasteiger partial charge in [-0.3, -0.25) is 10.1 Å². The highest BCUT2D eigenvalue weighted by atomic mass is 16.5. The summed E-state index contributed by atoms with van der Waals surface area (Å²) in [6, 6.07) is 9.76. The molecule has 1 aliphatic carbocycles. The van der Waals surface area contributed by atoms with Gasteiger partial charge in [0.2, 0.25) is 0 Å². The number of aryl methyl sites for hydroxylation is 1. The first-order chi connectivity index (χ1) is 14.0. The minimum absolute atomic E-state index is 0.173. The molecule has 148 valence electrons. The van der Waals surface area contributed by atoms with Crippen molar-refractivity contribution in [2.24, 2.45) is 27.4 Å². The van der Waals surface area contributed by atoms with Crippen LogP contribution in [0.2, 0.25) is 0 Å². The second kappa shape index (κ2) is 6.56. The van der Waals surface area contributed by atoms with E-state index in [0.29, 0.717) is 23.3 Å². The number of amidine groups is 2. The summed E-state index contributed by atoms with van der Waals surface area (Å²) in [5, 5.41) is 11.4. The fourth-order valence-electron chi connectivity index (χ4n) is 3.84. The molecule has 2 aromatic heterocycles. The van der Waals surface area contributed by atoms with Gasteiger partial charge in [-0.25, -0.2) is 9.98 Å². The van der Waals surface area contributed by atoms with Crippen LogP contribution in [0.25, 0.3) is 5.65 Å². The molecule has 0 amide bonds. The molecule has 1 aliphatic heterocycles. The molecule has 9 heteroatoms. The summed E-state index contributed by atoms with van der Waals surface area (Å²) < 4.78 is 7.42. The first-order valence-corrected chi connectivity index (χ1v) is 9.48. The molecule has 0 bridgehead atoms. The van der Waals surface area contributed by atoms with Crippen molar-refractivity contribution in [1.29, 1.82) is 0 Å². The Bertz CT molecular complexity index is 1160. The zero-order valence-corrected chi connectivity index (χ0v) is 16.2. The van der Waals surface area contributed by atoms with E-state index < -0.39 is 6.29 Å². The average molecular weight is 390 g/mol. The van der Waals surface area contributed by atoms with Crippen molar-refractivity contribution in [3.63, 3.8) is 0 Å². The molecule has 2 aliphatic rings. The number of fused-ring (bicyclic) bond motifs is 2. The van der Waals surface area contributed by atoms with Crippen molar-refractivity contribution in [3.8, 4) is 5.75 Å².